The molecule has 1 aliphatic rings. The van der Waals surface area contributed by atoms with E-state index in [0.29, 0.717) is 5.56 Å². The fourth-order valence-corrected chi connectivity index (χ4v) is 5.37. The first kappa shape index (κ1) is 23.5. The third-order valence-corrected chi connectivity index (χ3v) is 7.25. The lowest BCUT2D eigenvalue weighted by Gasteiger charge is -2.40. The molecular formula is C36H24N4. The lowest BCUT2D eigenvalue weighted by molar-refractivity contribution is 1.17. The van der Waals surface area contributed by atoms with Crippen molar-refractivity contribution < 1.29 is 0 Å². The molecule has 0 saturated heterocycles. The quantitative estimate of drug-likeness (QED) is 0.235. The van der Waals surface area contributed by atoms with E-state index in [1.165, 1.54) is 0 Å². The van der Waals surface area contributed by atoms with Crippen LogP contribution < -0.4 is 9.80 Å². The maximum absolute atomic E-state index is 9.06. The first-order chi connectivity index (χ1) is 19.8. The summed E-state index contributed by atoms with van der Waals surface area (Å²) in [6.45, 7) is 0. The van der Waals surface area contributed by atoms with E-state index in [-0.39, 0.29) is 0 Å². The van der Waals surface area contributed by atoms with Gasteiger partial charge in [0.15, 0.2) is 0 Å². The first-order valence-corrected chi connectivity index (χ1v) is 13.2. The van der Waals surface area contributed by atoms with Gasteiger partial charge in [0.25, 0.3) is 0 Å². The van der Waals surface area contributed by atoms with Crippen LogP contribution in [-0.2, 0) is 0 Å². The van der Waals surface area contributed by atoms with E-state index in [1.807, 2.05) is 6.07 Å². The molecule has 0 spiro atoms. The first-order valence-electron chi connectivity index (χ1n) is 13.2. The maximum atomic E-state index is 9.06. The van der Waals surface area contributed by atoms with Gasteiger partial charge in [-0.25, -0.2) is 0 Å². The molecule has 0 N–H and O–H groups in total. The number of pyridine rings is 1. The molecule has 0 bridgehead atoms. The second-order valence-corrected chi connectivity index (χ2v) is 9.66. The summed E-state index contributed by atoms with van der Waals surface area (Å²) < 4.78 is 0. The summed E-state index contributed by atoms with van der Waals surface area (Å²) in [4.78, 5) is 9.12. The van der Waals surface area contributed by atoms with E-state index in [1.54, 1.807) is 12.3 Å². The zero-order valence-electron chi connectivity index (χ0n) is 21.6. The molecule has 5 aromatic carbocycles. The monoisotopic (exact) mass is 512 g/mol. The van der Waals surface area contributed by atoms with Gasteiger partial charge in [-0.2, -0.15) is 5.26 Å². The van der Waals surface area contributed by atoms with E-state index in [2.05, 4.69) is 148 Å². The van der Waals surface area contributed by atoms with Crippen molar-refractivity contribution in [2.75, 3.05) is 9.80 Å². The summed E-state index contributed by atoms with van der Waals surface area (Å²) in [6.07, 6.45) is 1.61. The normalized spacial score (nSPS) is 11.9. The molecule has 40 heavy (non-hydrogen) atoms. The minimum Gasteiger partial charge on any atom is -0.306 e. The molecule has 6 aromatic rings. The molecule has 7 rings (SSSR count). The number of para-hydroxylation sites is 5. The minimum absolute atomic E-state index is 0.560. The molecule has 2 heterocycles. The number of fused-ring (bicyclic) bond motifs is 2. The van der Waals surface area contributed by atoms with E-state index in [0.717, 1.165) is 56.5 Å². The van der Waals surface area contributed by atoms with Crippen LogP contribution in [-0.4, -0.2) is 4.98 Å². The van der Waals surface area contributed by atoms with Crippen molar-refractivity contribution in [2.45, 2.75) is 0 Å². The van der Waals surface area contributed by atoms with Gasteiger partial charge in [0.05, 0.1) is 34.0 Å². The second kappa shape index (κ2) is 9.90. The van der Waals surface area contributed by atoms with Crippen LogP contribution in [0.25, 0.3) is 22.4 Å². The van der Waals surface area contributed by atoms with Crippen molar-refractivity contribution in [1.29, 1.82) is 5.26 Å². The Bertz CT molecular complexity index is 1810. The number of nitriles is 1. The number of anilines is 6. The predicted molar refractivity (Wildman–Crippen MR) is 163 cm³/mol. The van der Waals surface area contributed by atoms with Gasteiger partial charge in [0.1, 0.15) is 6.07 Å². The highest BCUT2D eigenvalue weighted by molar-refractivity contribution is 6.01. The van der Waals surface area contributed by atoms with Gasteiger partial charge < -0.3 is 9.80 Å². The molecule has 1 aliphatic heterocycles. The second-order valence-electron chi connectivity index (χ2n) is 9.66. The zero-order valence-corrected chi connectivity index (χ0v) is 21.6. The van der Waals surface area contributed by atoms with Crippen molar-refractivity contribution in [3.05, 3.63) is 151 Å². The van der Waals surface area contributed by atoms with Crippen LogP contribution in [0.2, 0.25) is 0 Å². The van der Waals surface area contributed by atoms with E-state index in [9.17, 15) is 0 Å². The summed E-state index contributed by atoms with van der Waals surface area (Å²) >= 11 is 0. The molecule has 4 heteroatoms. The van der Waals surface area contributed by atoms with Crippen molar-refractivity contribution in [2.24, 2.45) is 0 Å². The highest BCUT2D eigenvalue weighted by Crippen LogP contribution is 2.54. The van der Waals surface area contributed by atoms with Crippen LogP contribution in [0.4, 0.5) is 34.1 Å². The Morgan fingerprint density at radius 2 is 1.02 bits per heavy atom. The van der Waals surface area contributed by atoms with Gasteiger partial charge in [0.2, 0.25) is 0 Å². The number of aromatic nitrogens is 1. The summed E-state index contributed by atoms with van der Waals surface area (Å²) in [6, 6.07) is 50.6. The Labute approximate surface area is 233 Å². The predicted octanol–water partition coefficient (Wildman–Crippen LogP) is 9.54. The molecule has 4 nitrogen and oxygen atoms in total. The largest absolute Gasteiger partial charge is 0.306 e. The highest BCUT2D eigenvalue weighted by Gasteiger charge is 2.29. The molecule has 0 saturated carbocycles. The Morgan fingerprint density at radius 3 is 1.60 bits per heavy atom. The average Bonchev–Trinajstić information content (AvgIpc) is 3.04. The van der Waals surface area contributed by atoms with Crippen molar-refractivity contribution in [1.82, 2.24) is 4.98 Å². The molecule has 188 valence electrons. The average molecular weight is 513 g/mol. The Morgan fingerprint density at radius 1 is 0.475 bits per heavy atom. The van der Waals surface area contributed by atoms with Crippen LogP contribution >= 0.6 is 0 Å². The van der Waals surface area contributed by atoms with E-state index in [4.69, 9.17) is 5.26 Å². The molecule has 0 fully saturated rings. The van der Waals surface area contributed by atoms with Gasteiger partial charge in [-0.05, 0) is 71.8 Å². The molecule has 0 unspecified atom stereocenters. The van der Waals surface area contributed by atoms with Gasteiger partial charge in [0, 0.05) is 23.1 Å². The molecular weight excluding hydrogens is 488 g/mol. The summed E-state index contributed by atoms with van der Waals surface area (Å²) in [7, 11) is 0. The highest BCUT2D eigenvalue weighted by atomic mass is 15.3. The minimum atomic E-state index is 0.560. The smallest absolute Gasteiger partial charge is 0.101 e. The van der Waals surface area contributed by atoms with Gasteiger partial charge in [-0.15, -0.1) is 0 Å². The Balaban J connectivity index is 1.29. The number of hydrogen-bond acceptors (Lipinski definition) is 4. The Hall–Kier alpha value is -5.66. The molecule has 0 amide bonds. The van der Waals surface area contributed by atoms with Crippen LogP contribution in [0, 0.1) is 11.3 Å². The summed E-state index contributed by atoms with van der Waals surface area (Å²) in [5.41, 5.74) is 11.5. The van der Waals surface area contributed by atoms with Crippen LogP contribution in [0.1, 0.15) is 5.56 Å². The number of benzene rings is 5. The fourth-order valence-electron chi connectivity index (χ4n) is 5.37. The molecule has 0 radical (unpaired) electrons. The molecule has 0 aliphatic carbocycles. The van der Waals surface area contributed by atoms with E-state index < -0.39 is 0 Å². The SMILES string of the molecule is N#Cc1ccc(-c2ccc(-c3cccc(N4c5ccccc5N(c5ccccc5)c5ccccc54)c3)cc2)nc1. The third kappa shape index (κ3) is 4.07. The lowest BCUT2D eigenvalue weighted by Crippen LogP contribution is -2.23. The molecule has 0 atom stereocenters. The van der Waals surface area contributed by atoms with Gasteiger partial charge >= 0.3 is 0 Å². The van der Waals surface area contributed by atoms with Gasteiger partial charge in [-0.1, -0.05) is 78.9 Å². The lowest BCUT2D eigenvalue weighted by atomic mass is 10.0. The zero-order chi connectivity index (χ0) is 26.9. The van der Waals surface area contributed by atoms with Crippen molar-refractivity contribution in [3.8, 4) is 28.5 Å². The maximum Gasteiger partial charge on any atom is 0.101 e. The Kier molecular flexibility index (Phi) is 5.81. The van der Waals surface area contributed by atoms with Crippen molar-refractivity contribution in [3.63, 3.8) is 0 Å². The summed E-state index contributed by atoms with van der Waals surface area (Å²) in [5.74, 6) is 0. The third-order valence-electron chi connectivity index (χ3n) is 7.25. The van der Waals surface area contributed by atoms with Crippen molar-refractivity contribution >= 4 is 34.1 Å². The number of nitrogens with zero attached hydrogens (tertiary/aromatic N) is 4. The van der Waals surface area contributed by atoms with E-state index >= 15 is 0 Å². The summed E-state index contributed by atoms with van der Waals surface area (Å²) in [5, 5.41) is 9.06. The van der Waals surface area contributed by atoms with Gasteiger partial charge in [-0.3, -0.25) is 4.98 Å². The standard InChI is InChI=1S/C36H24N4/c37-24-26-17-22-32(38-25-26)28-20-18-27(19-21-28)29-9-8-12-31(23-29)40-35-15-6-4-13-33(35)39(30-10-2-1-3-11-30)34-14-5-7-16-36(34)40/h1-23,25H. The van der Waals surface area contributed by atoms with Crippen LogP contribution in [0.5, 0.6) is 0 Å². The number of hydrogen-bond donors (Lipinski definition) is 0. The number of rotatable bonds is 4. The fraction of sp³-hybridized carbons (Fsp3) is 0. The molecule has 1 aromatic heterocycles. The van der Waals surface area contributed by atoms with Crippen LogP contribution in [0.3, 0.4) is 0 Å². The van der Waals surface area contributed by atoms with Crippen LogP contribution in [0.15, 0.2) is 146 Å². The topological polar surface area (TPSA) is 43.2 Å².